The minimum Gasteiger partial charge on any atom is -0.344 e. The van der Waals surface area contributed by atoms with E-state index in [4.69, 9.17) is 0 Å². The van der Waals surface area contributed by atoms with E-state index in [1.807, 2.05) is 44.3 Å². The van der Waals surface area contributed by atoms with Crippen LogP contribution in [-0.2, 0) is 4.79 Å². The van der Waals surface area contributed by atoms with Crippen LogP contribution in [0.1, 0.15) is 65.4 Å². The third-order valence-electron chi connectivity index (χ3n) is 4.16. The number of rotatable bonds is 8. The van der Waals surface area contributed by atoms with Gasteiger partial charge in [0.15, 0.2) is 0 Å². The fourth-order valence-corrected chi connectivity index (χ4v) is 2.33. The normalized spacial score (nSPS) is 13.5. The van der Waals surface area contributed by atoms with Gasteiger partial charge in [-0.15, -0.1) is 0 Å². The van der Waals surface area contributed by atoms with Crippen molar-refractivity contribution >= 4 is 17.3 Å². The molecule has 1 atom stereocenters. The lowest BCUT2D eigenvalue weighted by atomic mass is 9.97. The number of anilines is 1. The van der Waals surface area contributed by atoms with E-state index in [2.05, 4.69) is 30.7 Å². The molecule has 1 rings (SSSR count). The number of Topliss-reactive ketones (excluding diaryl/α,β-unsaturated/α-hetero) is 1. The van der Waals surface area contributed by atoms with Gasteiger partial charge in [0, 0.05) is 17.8 Å². The maximum Gasteiger partial charge on any atom is 0.136 e. The smallest absolute Gasteiger partial charge is 0.136 e. The van der Waals surface area contributed by atoms with E-state index in [0.717, 1.165) is 41.9 Å². The average molecular weight is 326 g/mol. The Kier molecular flexibility index (Phi) is 8.17. The molecule has 0 aromatic heterocycles. The summed E-state index contributed by atoms with van der Waals surface area (Å²) in [5.74, 6) is 0.950. The molecular formula is C21H30N2O. The largest absolute Gasteiger partial charge is 0.344 e. The number of carbonyl (C=O) groups is 1. The Balaban J connectivity index is 2.80. The number of nitrogens with zero attached hydrogens (tertiary/aromatic N) is 1. The zero-order chi connectivity index (χ0) is 18.1. The molecular weight excluding hydrogens is 296 g/mol. The van der Waals surface area contributed by atoms with Crippen LogP contribution in [0.2, 0.25) is 0 Å². The Morgan fingerprint density at radius 3 is 2.38 bits per heavy atom. The number of nitrogens with one attached hydrogen (secondary N) is 1. The molecule has 0 spiro atoms. The Bertz CT molecular complexity index is 624. The summed E-state index contributed by atoms with van der Waals surface area (Å²) in [4.78, 5) is 16.0. The molecule has 1 aromatic rings. The molecule has 130 valence electrons. The highest BCUT2D eigenvalue weighted by molar-refractivity contribution is 5.94. The van der Waals surface area contributed by atoms with Crippen molar-refractivity contribution < 1.29 is 4.79 Å². The molecule has 0 heterocycles. The van der Waals surface area contributed by atoms with Crippen LogP contribution in [0.5, 0.6) is 0 Å². The molecule has 0 aliphatic rings. The molecule has 0 saturated heterocycles. The lowest BCUT2D eigenvalue weighted by Gasteiger charge is -2.10. The Labute approximate surface area is 146 Å². The van der Waals surface area contributed by atoms with Crippen LogP contribution in [0.15, 0.2) is 53.2 Å². The van der Waals surface area contributed by atoms with Crippen molar-refractivity contribution in [2.75, 3.05) is 5.32 Å². The first-order chi connectivity index (χ1) is 11.4. The lowest BCUT2D eigenvalue weighted by molar-refractivity contribution is -0.118. The second-order valence-electron chi connectivity index (χ2n) is 6.16. The van der Waals surface area contributed by atoms with Crippen LogP contribution in [-0.4, -0.2) is 11.6 Å². The zero-order valence-corrected chi connectivity index (χ0v) is 15.6. The number of allylic oxidation sites excluding steroid dienone is 2. The Hall–Kier alpha value is -2.16. The fraction of sp³-hybridized carbons (Fsp3) is 0.429. The molecule has 0 unspecified atom stereocenters. The van der Waals surface area contributed by atoms with Crippen molar-refractivity contribution in [1.29, 1.82) is 0 Å². The SMILES string of the molecule is C=C(CC)/C(=C\N=C(C)Nc1ccc([C@@H](C)C(C)=O)cc1)CCC. The molecule has 0 fully saturated rings. The Morgan fingerprint density at radius 2 is 1.88 bits per heavy atom. The first-order valence-corrected chi connectivity index (χ1v) is 8.68. The summed E-state index contributed by atoms with van der Waals surface area (Å²) in [7, 11) is 0. The molecule has 3 heteroatoms. The summed E-state index contributed by atoms with van der Waals surface area (Å²) < 4.78 is 0. The van der Waals surface area contributed by atoms with Crippen LogP contribution < -0.4 is 5.32 Å². The van der Waals surface area contributed by atoms with Crippen molar-refractivity contribution in [2.24, 2.45) is 4.99 Å². The quantitative estimate of drug-likeness (QED) is 0.369. The van der Waals surface area contributed by atoms with Gasteiger partial charge in [0.05, 0.1) is 0 Å². The molecule has 0 aliphatic heterocycles. The molecule has 0 aliphatic carbocycles. The van der Waals surface area contributed by atoms with Gasteiger partial charge in [0.2, 0.25) is 0 Å². The minimum atomic E-state index is -0.0617. The van der Waals surface area contributed by atoms with Gasteiger partial charge in [-0.25, -0.2) is 4.99 Å². The van der Waals surface area contributed by atoms with Gasteiger partial charge in [-0.2, -0.15) is 0 Å². The standard InChI is InChI=1S/C21H30N2O/c1-7-9-20(15(3)8-2)14-22-18(6)23-21-12-10-19(11-13-21)16(4)17(5)24/h10-14,16H,3,7-9H2,1-2,4-6H3,(H,22,23)/b20-14-/t16-/m0/s1. The summed E-state index contributed by atoms with van der Waals surface area (Å²) in [5.41, 5.74) is 4.37. The molecule has 1 N–H and O–H groups in total. The van der Waals surface area contributed by atoms with Crippen molar-refractivity contribution in [1.82, 2.24) is 0 Å². The first-order valence-electron chi connectivity index (χ1n) is 8.68. The molecule has 0 bridgehead atoms. The fourth-order valence-electron chi connectivity index (χ4n) is 2.33. The summed E-state index contributed by atoms with van der Waals surface area (Å²) in [6.07, 6.45) is 4.96. The van der Waals surface area contributed by atoms with Crippen LogP contribution in [0.3, 0.4) is 0 Å². The molecule has 0 radical (unpaired) electrons. The summed E-state index contributed by atoms with van der Waals surface area (Å²) in [6.45, 7) is 13.9. The Morgan fingerprint density at radius 1 is 1.25 bits per heavy atom. The maximum absolute atomic E-state index is 11.4. The number of benzene rings is 1. The first kappa shape index (κ1) is 19.9. The average Bonchev–Trinajstić information content (AvgIpc) is 2.57. The predicted molar refractivity (Wildman–Crippen MR) is 105 cm³/mol. The van der Waals surface area contributed by atoms with Gasteiger partial charge in [-0.1, -0.05) is 51.5 Å². The minimum absolute atomic E-state index is 0.0617. The summed E-state index contributed by atoms with van der Waals surface area (Å²) in [6, 6.07) is 7.93. The molecule has 0 saturated carbocycles. The van der Waals surface area contributed by atoms with Crippen LogP contribution in [0, 0.1) is 0 Å². The summed E-state index contributed by atoms with van der Waals surface area (Å²) >= 11 is 0. The van der Waals surface area contributed by atoms with Gasteiger partial charge in [-0.05, 0) is 50.0 Å². The van der Waals surface area contributed by atoms with Crippen LogP contribution in [0.25, 0.3) is 0 Å². The third kappa shape index (κ3) is 6.15. The van der Waals surface area contributed by atoms with E-state index in [0.29, 0.717) is 0 Å². The third-order valence-corrected chi connectivity index (χ3v) is 4.16. The van der Waals surface area contributed by atoms with E-state index in [1.165, 1.54) is 5.57 Å². The molecule has 1 aromatic carbocycles. The van der Waals surface area contributed by atoms with Crippen LogP contribution in [0.4, 0.5) is 5.69 Å². The van der Waals surface area contributed by atoms with Crippen molar-refractivity contribution in [3.8, 4) is 0 Å². The van der Waals surface area contributed by atoms with Crippen molar-refractivity contribution in [3.05, 3.63) is 53.8 Å². The van der Waals surface area contributed by atoms with Gasteiger partial charge < -0.3 is 5.32 Å². The molecule has 24 heavy (non-hydrogen) atoms. The van der Waals surface area contributed by atoms with Gasteiger partial charge in [-0.3, -0.25) is 4.79 Å². The molecule has 0 amide bonds. The van der Waals surface area contributed by atoms with Gasteiger partial charge >= 0.3 is 0 Å². The van der Waals surface area contributed by atoms with E-state index in [-0.39, 0.29) is 11.7 Å². The summed E-state index contributed by atoms with van der Waals surface area (Å²) in [5, 5.41) is 3.28. The topological polar surface area (TPSA) is 41.5 Å². The van der Waals surface area contributed by atoms with E-state index in [1.54, 1.807) is 6.92 Å². The number of hydrogen-bond donors (Lipinski definition) is 1. The van der Waals surface area contributed by atoms with Crippen LogP contribution >= 0.6 is 0 Å². The second-order valence-corrected chi connectivity index (χ2v) is 6.16. The van der Waals surface area contributed by atoms with Gasteiger partial charge in [0.25, 0.3) is 0 Å². The highest BCUT2D eigenvalue weighted by Crippen LogP contribution is 2.19. The van der Waals surface area contributed by atoms with Crippen molar-refractivity contribution in [3.63, 3.8) is 0 Å². The number of carbonyl (C=O) groups excluding carboxylic acids is 1. The number of aliphatic imine (C=N–C) groups is 1. The van der Waals surface area contributed by atoms with E-state index >= 15 is 0 Å². The van der Waals surface area contributed by atoms with E-state index in [9.17, 15) is 4.79 Å². The van der Waals surface area contributed by atoms with Crippen molar-refractivity contribution in [2.45, 2.75) is 59.8 Å². The molecule has 3 nitrogen and oxygen atoms in total. The van der Waals surface area contributed by atoms with E-state index < -0.39 is 0 Å². The number of amidine groups is 1. The highest BCUT2D eigenvalue weighted by Gasteiger charge is 2.09. The second kappa shape index (κ2) is 9.86. The monoisotopic (exact) mass is 326 g/mol. The van der Waals surface area contributed by atoms with Gasteiger partial charge in [0.1, 0.15) is 11.6 Å². The number of hydrogen-bond acceptors (Lipinski definition) is 2. The highest BCUT2D eigenvalue weighted by atomic mass is 16.1. The maximum atomic E-state index is 11.4. The number of ketones is 1. The zero-order valence-electron chi connectivity index (χ0n) is 15.6. The lowest BCUT2D eigenvalue weighted by Crippen LogP contribution is -2.08. The predicted octanol–water partition coefficient (Wildman–Crippen LogP) is 5.86.